The number of carbonyl (C=O) groups is 3. The average molecular weight is 331 g/mol. The molecule has 1 heterocycles. The first-order chi connectivity index (χ1) is 12.1. The summed E-state index contributed by atoms with van der Waals surface area (Å²) < 4.78 is 1.46. The molecule has 0 saturated carbocycles. The minimum Gasteiger partial charge on any atom is -0.321 e. The second kappa shape index (κ2) is 5.52. The van der Waals surface area contributed by atoms with E-state index in [2.05, 4.69) is 10.4 Å². The number of hydrogen-bond acceptors (Lipinski definition) is 4. The molecule has 0 fully saturated rings. The quantitative estimate of drug-likeness (QED) is 0.612. The molecule has 0 saturated heterocycles. The summed E-state index contributed by atoms with van der Waals surface area (Å²) in [5.41, 5.74) is 2.28. The molecule has 0 atom stereocenters. The van der Waals surface area contributed by atoms with Gasteiger partial charge in [0.15, 0.2) is 11.6 Å². The van der Waals surface area contributed by atoms with Crippen LogP contribution in [0.2, 0.25) is 0 Å². The monoisotopic (exact) mass is 331 g/mol. The minimum atomic E-state index is -0.338. The molecule has 0 spiro atoms. The summed E-state index contributed by atoms with van der Waals surface area (Å²) in [4.78, 5) is 37.5. The van der Waals surface area contributed by atoms with Gasteiger partial charge in [0.05, 0.1) is 0 Å². The average Bonchev–Trinajstić information content (AvgIpc) is 3.06. The first-order valence-electron chi connectivity index (χ1n) is 7.68. The van der Waals surface area contributed by atoms with Crippen molar-refractivity contribution in [2.75, 3.05) is 5.32 Å². The molecule has 0 radical (unpaired) electrons. The Bertz CT molecular complexity index is 1050. The Balaban J connectivity index is 1.71. The van der Waals surface area contributed by atoms with E-state index in [-0.39, 0.29) is 17.5 Å². The molecule has 122 valence electrons. The number of aromatic nitrogens is 2. The molecule has 1 aliphatic rings. The number of rotatable bonds is 2. The fourth-order valence-corrected chi connectivity index (χ4v) is 2.97. The number of hydrogen-bond donors (Lipinski definition) is 1. The highest BCUT2D eigenvalue weighted by Gasteiger charge is 2.29. The lowest BCUT2D eigenvalue weighted by atomic mass is 9.84. The summed E-state index contributed by atoms with van der Waals surface area (Å²) in [6.07, 6.45) is 1.53. The molecule has 1 aromatic heterocycles. The van der Waals surface area contributed by atoms with Crippen molar-refractivity contribution in [3.05, 3.63) is 82.7 Å². The number of benzene rings is 2. The third kappa shape index (κ3) is 2.35. The van der Waals surface area contributed by atoms with E-state index in [1.165, 1.54) is 10.9 Å². The predicted molar refractivity (Wildman–Crippen MR) is 90.9 cm³/mol. The molecule has 0 bridgehead atoms. The Morgan fingerprint density at radius 3 is 2.20 bits per heavy atom. The van der Waals surface area contributed by atoms with Crippen molar-refractivity contribution in [2.45, 2.75) is 0 Å². The normalized spacial score (nSPS) is 12.5. The molecule has 3 aromatic rings. The Morgan fingerprint density at radius 2 is 1.56 bits per heavy atom. The third-order valence-corrected chi connectivity index (χ3v) is 4.24. The van der Waals surface area contributed by atoms with E-state index < -0.39 is 0 Å². The van der Waals surface area contributed by atoms with Gasteiger partial charge in [0, 0.05) is 41.2 Å². The Labute approximate surface area is 143 Å². The molecule has 0 aliphatic heterocycles. The Morgan fingerprint density at radius 1 is 0.920 bits per heavy atom. The van der Waals surface area contributed by atoms with Crippen LogP contribution in [0.15, 0.2) is 54.7 Å². The number of aryl methyl sites for hydroxylation is 1. The molecule has 6 nitrogen and oxygen atoms in total. The maximum Gasteiger partial charge on any atom is 0.273 e. The fraction of sp³-hybridized carbons (Fsp3) is 0.0526. The van der Waals surface area contributed by atoms with E-state index in [1.54, 1.807) is 55.6 Å². The van der Waals surface area contributed by atoms with E-state index in [0.29, 0.717) is 33.6 Å². The van der Waals surface area contributed by atoms with E-state index in [4.69, 9.17) is 0 Å². The highest BCUT2D eigenvalue weighted by molar-refractivity contribution is 6.28. The molecule has 1 aliphatic carbocycles. The van der Waals surface area contributed by atoms with Crippen LogP contribution < -0.4 is 5.32 Å². The molecular weight excluding hydrogens is 318 g/mol. The fourth-order valence-electron chi connectivity index (χ4n) is 2.97. The van der Waals surface area contributed by atoms with Crippen LogP contribution in [0.3, 0.4) is 0 Å². The molecule has 1 N–H and O–H groups in total. The van der Waals surface area contributed by atoms with E-state index in [1.807, 2.05) is 0 Å². The van der Waals surface area contributed by atoms with Crippen LogP contribution in [0, 0.1) is 0 Å². The second-order valence-electron chi connectivity index (χ2n) is 5.76. The zero-order valence-corrected chi connectivity index (χ0v) is 13.3. The van der Waals surface area contributed by atoms with E-state index in [9.17, 15) is 14.4 Å². The largest absolute Gasteiger partial charge is 0.321 e. The topological polar surface area (TPSA) is 81.1 Å². The Hall–Kier alpha value is -3.54. The van der Waals surface area contributed by atoms with Gasteiger partial charge in [0.25, 0.3) is 5.91 Å². The van der Waals surface area contributed by atoms with Gasteiger partial charge in [-0.15, -0.1) is 0 Å². The first-order valence-corrected chi connectivity index (χ1v) is 7.68. The van der Waals surface area contributed by atoms with Gasteiger partial charge in [-0.2, -0.15) is 5.10 Å². The van der Waals surface area contributed by atoms with Gasteiger partial charge in [-0.25, -0.2) is 0 Å². The molecule has 1 amide bonds. The van der Waals surface area contributed by atoms with Gasteiger partial charge in [0.1, 0.15) is 5.69 Å². The lowest BCUT2D eigenvalue weighted by Gasteiger charge is -2.18. The lowest BCUT2D eigenvalue weighted by molar-refractivity contribution is 0.0979. The third-order valence-electron chi connectivity index (χ3n) is 4.24. The Kier molecular flexibility index (Phi) is 3.32. The van der Waals surface area contributed by atoms with Crippen molar-refractivity contribution in [3.8, 4) is 0 Å². The standard InChI is InChI=1S/C19H13N3O3/c1-22-16(8-9-20-22)19(25)21-11-6-7-14-15(10-11)18(24)13-5-3-2-4-12(13)17(14)23/h2-10H,1H3,(H,21,25). The number of anilines is 1. The number of ketones is 2. The van der Waals surface area contributed by atoms with Gasteiger partial charge in [-0.05, 0) is 24.3 Å². The lowest BCUT2D eigenvalue weighted by Crippen LogP contribution is -2.22. The van der Waals surface area contributed by atoms with Gasteiger partial charge >= 0.3 is 0 Å². The van der Waals surface area contributed by atoms with Crippen LogP contribution in [0.25, 0.3) is 0 Å². The van der Waals surface area contributed by atoms with Gasteiger partial charge < -0.3 is 5.32 Å². The molecular formula is C19H13N3O3. The van der Waals surface area contributed by atoms with Gasteiger partial charge in [-0.3, -0.25) is 19.1 Å². The minimum absolute atomic E-state index is 0.185. The molecule has 0 unspecified atom stereocenters. The van der Waals surface area contributed by atoms with Crippen molar-refractivity contribution >= 4 is 23.2 Å². The van der Waals surface area contributed by atoms with Crippen LogP contribution in [0.1, 0.15) is 42.3 Å². The summed E-state index contributed by atoms with van der Waals surface area (Å²) >= 11 is 0. The van der Waals surface area contributed by atoms with Crippen LogP contribution in [0.4, 0.5) is 5.69 Å². The smallest absolute Gasteiger partial charge is 0.273 e. The molecule has 6 heteroatoms. The zero-order chi connectivity index (χ0) is 17.6. The maximum absolute atomic E-state index is 12.7. The maximum atomic E-state index is 12.7. The molecule has 2 aromatic carbocycles. The van der Waals surface area contributed by atoms with Crippen LogP contribution in [-0.2, 0) is 7.05 Å². The summed E-state index contributed by atoms with van der Waals surface area (Å²) in [5, 5.41) is 6.68. The molecule has 4 rings (SSSR count). The van der Waals surface area contributed by atoms with Crippen molar-refractivity contribution in [3.63, 3.8) is 0 Å². The van der Waals surface area contributed by atoms with Gasteiger partial charge in [-0.1, -0.05) is 24.3 Å². The van der Waals surface area contributed by atoms with E-state index in [0.717, 1.165) is 0 Å². The first kappa shape index (κ1) is 15.0. The second-order valence-corrected chi connectivity index (χ2v) is 5.76. The van der Waals surface area contributed by atoms with Crippen LogP contribution >= 0.6 is 0 Å². The number of nitrogens with zero attached hydrogens (tertiary/aromatic N) is 2. The van der Waals surface area contributed by atoms with Crippen LogP contribution in [0.5, 0.6) is 0 Å². The summed E-state index contributed by atoms with van der Waals surface area (Å²) in [7, 11) is 1.67. The number of amides is 1. The summed E-state index contributed by atoms with van der Waals surface area (Å²) in [6.45, 7) is 0. The molecule has 25 heavy (non-hydrogen) atoms. The van der Waals surface area contributed by atoms with Crippen molar-refractivity contribution < 1.29 is 14.4 Å². The van der Waals surface area contributed by atoms with Crippen molar-refractivity contribution in [1.29, 1.82) is 0 Å². The highest BCUT2D eigenvalue weighted by Crippen LogP contribution is 2.29. The predicted octanol–water partition coefficient (Wildman–Crippen LogP) is 2.45. The summed E-state index contributed by atoms with van der Waals surface area (Å²) in [5.74, 6) is -0.744. The number of nitrogens with one attached hydrogen (secondary N) is 1. The number of carbonyl (C=O) groups excluding carboxylic acids is 3. The SMILES string of the molecule is Cn1nccc1C(=O)Nc1ccc2c(c1)C(=O)c1ccccc1C2=O. The van der Waals surface area contributed by atoms with E-state index >= 15 is 0 Å². The number of fused-ring (bicyclic) bond motifs is 2. The van der Waals surface area contributed by atoms with Crippen molar-refractivity contribution in [1.82, 2.24) is 9.78 Å². The van der Waals surface area contributed by atoms with Gasteiger partial charge in [0.2, 0.25) is 0 Å². The zero-order valence-electron chi connectivity index (χ0n) is 13.3. The summed E-state index contributed by atoms with van der Waals surface area (Å²) in [6, 6.07) is 13.1. The van der Waals surface area contributed by atoms with Crippen molar-refractivity contribution in [2.24, 2.45) is 7.05 Å². The highest BCUT2D eigenvalue weighted by atomic mass is 16.2. The van der Waals surface area contributed by atoms with Crippen LogP contribution in [-0.4, -0.2) is 27.3 Å².